The number of methoxy groups -OCH3 is 1. The summed E-state index contributed by atoms with van der Waals surface area (Å²) in [6.07, 6.45) is 2.35. The van der Waals surface area contributed by atoms with Crippen LogP contribution in [0.3, 0.4) is 0 Å². The van der Waals surface area contributed by atoms with Gasteiger partial charge in [-0.25, -0.2) is 0 Å². The summed E-state index contributed by atoms with van der Waals surface area (Å²) in [5.74, 6) is -0.235. The Kier molecular flexibility index (Phi) is 4.86. The maximum Gasteiger partial charge on any atom is 0.310 e. The number of nitro benzene ring substituents is 1. The fourth-order valence-electron chi connectivity index (χ4n) is 1.36. The predicted octanol–water partition coefficient (Wildman–Crippen LogP) is 1.91. The van der Waals surface area contributed by atoms with Gasteiger partial charge < -0.3 is 10.1 Å². The van der Waals surface area contributed by atoms with Gasteiger partial charge in [-0.1, -0.05) is 6.08 Å². The second-order valence-electron chi connectivity index (χ2n) is 3.48. The number of hydrogen-bond donors (Lipinski definition) is 1. The molecular weight excluding hydrogens is 236 g/mol. The maximum atomic E-state index is 11.7. The van der Waals surface area contributed by atoms with Crippen LogP contribution in [0.1, 0.15) is 16.8 Å². The van der Waals surface area contributed by atoms with Gasteiger partial charge in [0.15, 0.2) is 5.75 Å². The molecule has 96 valence electrons. The molecule has 1 rings (SSSR count). The Balaban J connectivity index is 2.88. The van der Waals surface area contributed by atoms with Gasteiger partial charge in [-0.15, -0.1) is 6.58 Å². The van der Waals surface area contributed by atoms with Gasteiger partial charge in [0.05, 0.1) is 12.0 Å². The number of carbonyl (C=O) groups is 1. The molecule has 1 aromatic rings. The standard InChI is InChI=1S/C12H14N2O4/c1-3-4-7-13-12(15)9-5-6-10(14(16)17)11(8-9)18-2/h3,5-6,8H,1,4,7H2,2H3,(H,13,15). The van der Waals surface area contributed by atoms with Gasteiger partial charge in [-0.2, -0.15) is 0 Å². The van der Waals surface area contributed by atoms with Crippen molar-refractivity contribution in [2.45, 2.75) is 6.42 Å². The molecule has 18 heavy (non-hydrogen) atoms. The lowest BCUT2D eigenvalue weighted by atomic mass is 10.1. The van der Waals surface area contributed by atoms with Gasteiger partial charge in [0.25, 0.3) is 5.91 Å². The van der Waals surface area contributed by atoms with Crippen molar-refractivity contribution >= 4 is 11.6 Å². The second kappa shape index (κ2) is 6.39. The van der Waals surface area contributed by atoms with Gasteiger partial charge >= 0.3 is 5.69 Å². The lowest BCUT2D eigenvalue weighted by Gasteiger charge is -2.06. The van der Waals surface area contributed by atoms with Crippen LogP contribution in [0.15, 0.2) is 30.9 Å². The van der Waals surface area contributed by atoms with Crippen molar-refractivity contribution in [2.24, 2.45) is 0 Å². The number of carbonyl (C=O) groups excluding carboxylic acids is 1. The summed E-state index contributed by atoms with van der Waals surface area (Å²) in [4.78, 5) is 21.8. The molecule has 0 heterocycles. The maximum absolute atomic E-state index is 11.7. The number of amides is 1. The highest BCUT2D eigenvalue weighted by Crippen LogP contribution is 2.27. The van der Waals surface area contributed by atoms with E-state index < -0.39 is 4.92 Å². The number of rotatable bonds is 6. The first-order valence-electron chi connectivity index (χ1n) is 5.31. The van der Waals surface area contributed by atoms with Crippen LogP contribution in [0.2, 0.25) is 0 Å². The normalized spacial score (nSPS) is 9.61. The fraction of sp³-hybridized carbons (Fsp3) is 0.250. The van der Waals surface area contributed by atoms with E-state index in [9.17, 15) is 14.9 Å². The van der Waals surface area contributed by atoms with Crippen LogP contribution in [0.4, 0.5) is 5.69 Å². The largest absolute Gasteiger partial charge is 0.490 e. The van der Waals surface area contributed by atoms with Gasteiger partial charge in [0, 0.05) is 24.2 Å². The molecular formula is C12H14N2O4. The molecule has 0 atom stereocenters. The van der Waals surface area contributed by atoms with Gasteiger partial charge in [0.1, 0.15) is 0 Å². The van der Waals surface area contributed by atoms with Crippen LogP contribution < -0.4 is 10.1 Å². The smallest absolute Gasteiger partial charge is 0.310 e. The SMILES string of the molecule is C=CCCNC(=O)c1ccc([N+](=O)[O-])c(OC)c1. The van der Waals surface area contributed by atoms with Gasteiger partial charge in [0.2, 0.25) is 0 Å². The molecule has 1 amide bonds. The van der Waals surface area contributed by atoms with E-state index in [1.54, 1.807) is 6.08 Å². The van der Waals surface area contributed by atoms with E-state index in [0.29, 0.717) is 18.5 Å². The van der Waals surface area contributed by atoms with E-state index >= 15 is 0 Å². The molecule has 0 aliphatic rings. The molecule has 1 aromatic carbocycles. The second-order valence-corrected chi connectivity index (χ2v) is 3.48. The Bertz CT molecular complexity index is 471. The third-order valence-electron chi connectivity index (χ3n) is 2.27. The predicted molar refractivity (Wildman–Crippen MR) is 66.8 cm³/mol. The van der Waals surface area contributed by atoms with Crippen LogP contribution in [-0.2, 0) is 0 Å². The van der Waals surface area contributed by atoms with Crippen molar-refractivity contribution in [3.05, 3.63) is 46.5 Å². The third-order valence-corrected chi connectivity index (χ3v) is 2.27. The van der Waals surface area contributed by atoms with Crippen molar-refractivity contribution in [1.29, 1.82) is 0 Å². The number of nitrogens with one attached hydrogen (secondary N) is 1. The fourth-order valence-corrected chi connectivity index (χ4v) is 1.36. The summed E-state index contributed by atoms with van der Waals surface area (Å²) in [7, 11) is 1.32. The molecule has 0 radical (unpaired) electrons. The minimum atomic E-state index is -0.557. The Hall–Kier alpha value is -2.37. The van der Waals surface area contributed by atoms with Crippen molar-refractivity contribution in [3.8, 4) is 5.75 Å². The summed E-state index contributed by atoms with van der Waals surface area (Å²) in [5, 5.41) is 13.4. The van der Waals surface area contributed by atoms with E-state index in [1.165, 1.54) is 25.3 Å². The van der Waals surface area contributed by atoms with Crippen LogP contribution in [0, 0.1) is 10.1 Å². The topological polar surface area (TPSA) is 81.5 Å². The highest BCUT2D eigenvalue weighted by Gasteiger charge is 2.16. The quantitative estimate of drug-likeness (QED) is 0.362. The molecule has 0 bridgehead atoms. The Morgan fingerprint density at radius 3 is 2.89 bits per heavy atom. The molecule has 6 nitrogen and oxygen atoms in total. The Labute approximate surface area is 104 Å². The first kappa shape index (κ1) is 13.7. The zero-order valence-electron chi connectivity index (χ0n) is 10.0. The first-order chi connectivity index (χ1) is 8.60. The van der Waals surface area contributed by atoms with Gasteiger partial charge in [-0.05, 0) is 12.5 Å². The Morgan fingerprint density at radius 2 is 2.33 bits per heavy atom. The average molecular weight is 250 g/mol. The zero-order valence-corrected chi connectivity index (χ0v) is 10.0. The highest BCUT2D eigenvalue weighted by atomic mass is 16.6. The molecule has 0 fully saturated rings. The monoisotopic (exact) mass is 250 g/mol. The summed E-state index contributed by atoms with van der Waals surface area (Å²) in [5.41, 5.74) is 0.154. The third kappa shape index (κ3) is 3.31. The van der Waals surface area contributed by atoms with E-state index in [-0.39, 0.29) is 17.3 Å². The minimum Gasteiger partial charge on any atom is -0.490 e. The van der Waals surface area contributed by atoms with E-state index in [0.717, 1.165) is 0 Å². The molecule has 0 unspecified atom stereocenters. The number of ether oxygens (including phenoxy) is 1. The van der Waals surface area contributed by atoms with Gasteiger partial charge in [-0.3, -0.25) is 14.9 Å². The van der Waals surface area contributed by atoms with Crippen LogP contribution in [0.5, 0.6) is 5.75 Å². The highest BCUT2D eigenvalue weighted by molar-refractivity contribution is 5.95. The van der Waals surface area contributed by atoms with Crippen molar-refractivity contribution in [2.75, 3.05) is 13.7 Å². The van der Waals surface area contributed by atoms with Crippen LogP contribution in [0.25, 0.3) is 0 Å². The van der Waals surface area contributed by atoms with Crippen molar-refractivity contribution < 1.29 is 14.5 Å². The number of nitrogens with zero attached hydrogens (tertiary/aromatic N) is 1. The molecule has 1 N–H and O–H groups in total. The number of benzene rings is 1. The minimum absolute atomic E-state index is 0.0661. The summed E-state index contributed by atoms with van der Waals surface area (Å²) in [6.45, 7) is 4.02. The first-order valence-corrected chi connectivity index (χ1v) is 5.31. The summed E-state index contributed by atoms with van der Waals surface area (Å²) >= 11 is 0. The summed E-state index contributed by atoms with van der Waals surface area (Å²) in [6, 6.07) is 3.99. The molecule has 6 heteroatoms. The van der Waals surface area contributed by atoms with Crippen molar-refractivity contribution in [1.82, 2.24) is 5.32 Å². The molecule has 0 saturated heterocycles. The number of nitro groups is 1. The number of hydrogen-bond acceptors (Lipinski definition) is 4. The van der Waals surface area contributed by atoms with Crippen LogP contribution >= 0.6 is 0 Å². The van der Waals surface area contributed by atoms with Crippen molar-refractivity contribution in [3.63, 3.8) is 0 Å². The molecule has 0 aliphatic heterocycles. The van der Waals surface area contributed by atoms with E-state index in [1.807, 2.05) is 0 Å². The lowest BCUT2D eigenvalue weighted by molar-refractivity contribution is -0.385. The molecule has 0 spiro atoms. The molecule has 0 aliphatic carbocycles. The lowest BCUT2D eigenvalue weighted by Crippen LogP contribution is -2.24. The average Bonchev–Trinajstić information content (AvgIpc) is 2.37. The molecule has 0 saturated carbocycles. The summed E-state index contributed by atoms with van der Waals surface area (Å²) < 4.78 is 4.89. The van der Waals surface area contributed by atoms with E-state index in [2.05, 4.69) is 11.9 Å². The van der Waals surface area contributed by atoms with Crippen LogP contribution in [-0.4, -0.2) is 24.5 Å². The molecule has 0 aromatic heterocycles. The van der Waals surface area contributed by atoms with E-state index in [4.69, 9.17) is 4.74 Å². The Morgan fingerprint density at radius 1 is 1.61 bits per heavy atom. The zero-order chi connectivity index (χ0) is 13.5.